The van der Waals surface area contributed by atoms with Gasteiger partial charge in [0.05, 0.1) is 27.4 Å². The third kappa shape index (κ3) is 6.96. The van der Waals surface area contributed by atoms with E-state index < -0.39 is 23.8 Å². The highest BCUT2D eigenvalue weighted by molar-refractivity contribution is 6.32. The zero-order valence-electron chi connectivity index (χ0n) is 32.5. The van der Waals surface area contributed by atoms with Gasteiger partial charge in [0.15, 0.2) is 0 Å². The Labute approximate surface area is 343 Å². The normalized spacial score (nSPS) is 22.8. The Morgan fingerprint density at radius 1 is 0.759 bits per heavy atom. The lowest BCUT2D eigenvalue weighted by molar-refractivity contribution is -0.136. The number of halogens is 1. The van der Waals surface area contributed by atoms with Gasteiger partial charge in [-0.3, -0.25) is 39.1 Å². The summed E-state index contributed by atoms with van der Waals surface area (Å²) < 4.78 is 0. The molecule has 0 aromatic heterocycles. The van der Waals surface area contributed by atoms with Crippen molar-refractivity contribution in [2.75, 3.05) is 80.1 Å². The molecule has 3 aromatic carbocycles. The van der Waals surface area contributed by atoms with Crippen LogP contribution in [0.5, 0.6) is 0 Å². The Bertz CT molecular complexity index is 2200. The first kappa shape index (κ1) is 38.1. The largest absolute Gasteiger partial charge is 0.371 e. The zero-order valence-corrected chi connectivity index (χ0v) is 33.3. The summed E-state index contributed by atoms with van der Waals surface area (Å²) in [7, 11) is 0. The minimum Gasteiger partial charge on any atom is -0.371 e. The minimum absolute atomic E-state index is 0.0907. The maximum absolute atomic E-state index is 13.7. The van der Waals surface area contributed by atoms with E-state index in [1.807, 2.05) is 35.2 Å². The van der Waals surface area contributed by atoms with Crippen molar-refractivity contribution in [1.82, 2.24) is 20.0 Å². The van der Waals surface area contributed by atoms with Crippen molar-refractivity contribution in [1.29, 1.82) is 5.26 Å². The van der Waals surface area contributed by atoms with Crippen molar-refractivity contribution in [2.45, 2.75) is 57.0 Å². The van der Waals surface area contributed by atoms with E-state index in [1.54, 1.807) is 18.2 Å². The Hall–Kier alpha value is -5.45. The number of carbonyl (C=O) groups excluding carboxylic acids is 5. The zero-order chi connectivity index (χ0) is 40.1. The molecule has 5 fully saturated rings. The van der Waals surface area contributed by atoms with Gasteiger partial charge in [-0.15, -0.1) is 0 Å². The van der Waals surface area contributed by atoms with Crippen LogP contribution in [0.25, 0.3) is 0 Å². The van der Waals surface area contributed by atoms with Gasteiger partial charge < -0.3 is 19.6 Å². The summed E-state index contributed by atoms with van der Waals surface area (Å²) in [5.41, 5.74) is 4.93. The van der Waals surface area contributed by atoms with E-state index in [2.05, 4.69) is 43.1 Å². The van der Waals surface area contributed by atoms with Crippen molar-refractivity contribution in [3.63, 3.8) is 0 Å². The minimum atomic E-state index is -0.981. The summed E-state index contributed by atoms with van der Waals surface area (Å²) in [6, 6.07) is 20.7. The van der Waals surface area contributed by atoms with Gasteiger partial charge >= 0.3 is 0 Å². The molecular formula is C44H47ClN8O5. The van der Waals surface area contributed by atoms with E-state index in [0.29, 0.717) is 27.8 Å². The Morgan fingerprint density at radius 3 is 2.14 bits per heavy atom. The number of nitrogens with zero attached hydrogens (tertiary/aromatic N) is 7. The molecule has 3 aromatic rings. The number of fused-ring (bicyclic) bond motifs is 1. The first-order valence-corrected chi connectivity index (χ1v) is 20.9. The number of carbonyl (C=O) groups is 5. The SMILES string of the molecule is N#Cc1ccc(N2CCC3(CCN(C(=O)c4ccc(N5CCN(C6CCN(c7cccc8c7C(=O)N(C7CCC(=O)NC7=O)C8=O)CC6)CC5)cc4)C3)CC2)cc1Cl. The lowest BCUT2D eigenvalue weighted by atomic mass is 9.77. The molecule has 58 heavy (non-hydrogen) atoms. The predicted molar refractivity (Wildman–Crippen MR) is 219 cm³/mol. The molecule has 1 N–H and O–H groups in total. The van der Waals surface area contributed by atoms with E-state index in [0.717, 1.165) is 125 Å². The molecule has 0 aliphatic carbocycles. The van der Waals surface area contributed by atoms with Crippen molar-refractivity contribution < 1.29 is 24.0 Å². The second-order valence-corrected chi connectivity index (χ2v) is 17.1. The fourth-order valence-electron chi connectivity index (χ4n) is 10.1. The lowest BCUT2D eigenvalue weighted by Crippen LogP contribution is -2.54. The highest BCUT2D eigenvalue weighted by Crippen LogP contribution is 2.42. The van der Waals surface area contributed by atoms with E-state index in [1.165, 1.54) is 0 Å². The molecule has 0 radical (unpaired) electrons. The number of amides is 5. The van der Waals surface area contributed by atoms with Crippen molar-refractivity contribution in [3.8, 4) is 6.07 Å². The van der Waals surface area contributed by atoms with Crippen LogP contribution in [0.15, 0.2) is 60.7 Å². The number of nitriles is 1. The number of imide groups is 2. The summed E-state index contributed by atoms with van der Waals surface area (Å²) in [5.74, 6) is -1.84. The van der Waals surface area contributed by atoms with Crippen LogP contribution in [0.4, 0.5) is 17.1 Å². The molecule has 1 unspecified atom stereocenters. The van der Waals surface area contributed by atoms with Crippen LogP contribution in [-0.4, -0.2) is 122 Å². The molecule has 0 bridgehead atoms. The summed E-state index contributed by atoms with van der Waals surface area (Å²) in [4.78, 5) is 77.5. The van der Waals surface area contributed by atoms with Crippen LogP contribution in [0, 0.1) is 16.7 Å². The van der Waals surface area contributed by atoms with Crippen molar-refractivity contribution >= 4 is 58.2 Å². The number of nitrogens with one attached hydrogen (secondary N) is 1. The molecule has 5 saturated heterocycles. The Morgan fingerprint density at radius 2 is 1.45 bits per heavy atom. The van der Waals surface area contributed by atoms with E-state index in [9.17, 15) is 29.2 Å². The maximum atomic E-state index is 13.7. The topological polar surface area (TPSA) is 141 Å². The number of hydrogen-bond acceptors (Lipinski definition) is 10. The van der Waals surface area contributed by atoms with Crippen LogP contribution in [0.3, 0.4) is 0 Å². The molecule has 9 rings (SSSR count). The van der Waals surface area contributed by atoms with Gasteiger partial charge in [-0.1, -0.05) is 17.7 Å². The van der Waals surface area contributed by atoms with Gasteiger partial charge in [0.25, 0.3) is 17.7 Å². The summed E-state index contributed by atoms with van der Waals surface area (Å²) >= 11 is 6.31. The Kier molecular flexibility index (Phi) is 10.1. The van der Waals surface area contributed by atoms with Gasteiger partial charge in [-0.2, -0.15) is 5.26 Å². The quantitative estimate of drug-likeness (QED) is 0.354. The number of likely N-dealkylation sites (tertiary alicyclic amines) is 1. The molecule has 13 nitrogen and oxygen atoms in total. The maximum Gasteiger partial charge on any atom is 0.264 e. The molecular weight excluding hydrogens is 756 g/mol. The fraction of sp³-hybridized carbons (Fsp3) is 0.455. The highest BCUT2D eigenvalue weighted by atomic mass is 35.5. The van der Waals surface area contributed by atoms with Crippen LogP contribution < -0.4 is 20.0 Å². The van der Waals surface area contributed by atoms with E-state index >= 15 is 0 Å². The van der Waals surface area contributed by atoms with Gasteiger partial charge in [-0.25, -0.2) is 0 Å². The third-order valence-corrected chi connectivity index (χ3v) is 13.9. The highest BCUT2D eigenvalue weighted by Gasteiger charge is 2.47. The Balaban J connectivity index is 0.749. The molecule has 14 heteroatoms. The molecule has 1 atom stereocenters. The second-order valence-electron chi connectivity index (χ2n) is 16.7. The molecule has 1 spiro atoms. The van der Waals surface area contributed by atoms with Gasteiger partial charge in [0.2, 0.25) is 11.8 Å². The monoisotopic (exact) mass is 802 g/mol. The van der Waals surface area contributed by atoms with Crippen molar-refractivity contribution in [3.05, 3.63) is 87.9 Å². The number of piperazine rings is 1. The molecule has 6 aliphatic rings. The fourth-order valence-corrected chi connectivity index (χ4v) is 10.3. The first-order chi connectivity index (χ1) is 28.1. The lowest BCUT2D eigenvalue weighted by Gasteiger charge is -2.44. The average Bonchev–Trinajstić information content (AvgIpc) is 3.78. The smallest absolute Gasteiger partial charge is 0.264 e. The van der Waals surface area contributed by atoms with Crippen molar-refractivity contribution in [2.24, 2.45) is 5.41 Å². The number of rotatable bonds is 6. The average molecular weight is 803 g/mol. The van der Waals surface area contributed by atoms with Crippen LogP contribution in [0.2, 0.25) is 5.02 Å². The van der Waals surface area contributed by atoms with Crippen LogP contribution >= 0.6 is 11.6 Å². The van der Waals surface area contributed by atoms with Gasteiger partial charge in [0, 0.05) is 94.8 Å². The third-order valence-electron chi connectivity index (χ3n) is 13.5. The molecule has 0 saturated carbocycles. The second kappa shape index (κ2) is 15.4. The molecule has 6 aliphatic heterocycles. The van der Waals surface area contributed by atoms with Crippen LogP contribution in [0.1, 0.15) is 81.6 Å². The number of hydrogen-bond donors (Lipinski definition) is 1. The van der Waals surface area contributed by atoms with E-state index in [-0.39, 0.29) is 30.1 Å². The summed E-state index contributed by atoms with van der Waals surface area (Å²) in [5, 5.41) is 12.0. The molecule has 6 heterocycles. The van der Waals surface area contributed by atoms with Gasteiger partial charge in [-0.05, 0) is 98.5 Å². The van der Waals surface area contributed by atoms with Crippen LogP contribution in [-0.2, 0) is 9.59 Å². The number of benzene rings is 3. The summed E-state index contributed by atoms with van der Waals surface area (Å²) in [6.07, 6.45) is 5.14. The first-order valence-electron chi connectivity index (χ1n) is 20.5. The number of anilines is 3. The molecule has 300 valence electrons. The van der Waals surface area contributed by atoms with Gasteiger partial charge in [0.1, 0.15) is 12.1 Å². The standard InChI is InChI=1S/C44H47ClN8O5/c45-35-26-33(9-6-30(35)27-46)48-19-14-44(15-20-48)16-21-52(28-44)41(56)29-4-7-31(8-5-29)49-22-24-50(25-23-49)32-12-17-51(18-13-32)36-3-1-2-34-39(36)43(58)53(42(34)57)37-10-11-38(54)47-40(37)55/h1-9,26,32,37H,10-25,28H2,(H,47,54,55). The predicted octanol–water partition coefficient (Wildman–Crippen LogP) is 4.54. The van der Waals surface area contributed by atoms with E-state index in [4.69, 9.17) is 11.6 Å². The summed E-state index contributed by atoms with van der Waals surface area (Å²) in [6.45, 7) is 8.53. The molecule has 5 amide bonds. The number of piperidine rings is 3.